The first-order chi connectivity index (χ1) is 6.71. The standard InChI is InChI=1S/C12H25NO/c1-11(2)12(8-6-10-14-3)7-4-5-9-13-12/h11,13H,4-10H2,1-3H3. The molecule has 84 valence electrons. The summed E-state index contributed by atoms with van der Waals surface area (Å²) in [5.41, 5.74) is 0.400. The summed E-state index contributed by atoms with van der Waals surface area (Å²) in [6.45, 7) is 6.78. The average molecular weight is 199 g/mol. The fourth-order valence-corrected chi connectivity index (χ4v) is 2.52. The van der Waals surface area contributed by atoms with Crippen molar-refractivity contribution in [3.63, 3.8) is 0 Å². The summed E-state index contributed by atoms with van der Waals surface area (Å²) in [6.07, 6.45) is 6.52. The number of methoxy groups -OCH3 is 1. The Balaban J connectivity index is 2.43. The van der Waals surface area contributed by atoms with Gasteiger partial charge in [0.05, 0.1) is 0 Å². The van der Waals surface area contributed by atoms with Gasteiger partial charge in [-0.2, -0.15) is 0 Å². The monoisotopic (exact) mass is 199 g/mol. The number of hydrogen-bond acceptors (Lipinski definition) is 2. The summed E-state index contributed by atoms with van der Waals surface area (Å²) >= 11 is 0. The number of piperidine rings is 1. The second-order valence-corrected chi connectivity index (χ2v) is 4.79. The van der Waals surface area contributed by atoms with E-state index in [2.05, 4.69) is 19.2 Å². The first-order valence-electron chi connectivity index (χ1n) is 5.95. The maximum Gasteiger partial charge on any atom is 0.0462 e. The Bertz CT molecular complexity index is 150. The summed E-state index contributed by atoms with van der Waals surface area (Å²) in [7, 11) is 1.79. The molecule has 0 aromatic rings. The van der Waals surface area contributed by atoms with Crippen LogP contribution in [0.5, 0.6) is 0 Å². The molecule has 1 saturated heterocycles. The third-order valence-electron chi connectivity index (χ3n) is 3.60. The molecule has 0 spiro atoms. The van der Waals surface area contributed by atoms with Crippen molar-refractivity contribution in [3.8, 4) is 0 Å². The molecular weight excluding hydrogens is 174 g/mol. The van der Waals surface area contributed by atoms with Gasteiger partial charge in [0.1, 0.15) is 0 Å². The van der Waals surface area contributed by atoms with Crippen molar-refractivity contribution >= 4 is 0 Å². The molecule has 0 saturated carbocycles. The molecule has 1 unspecified atom stereocenters. The lowest BCUT2D eigenvalue weighted by Gasteiger charge is -2.42. The normalized spacial score (nSPS) is 28.3. The molecule has 1 fully saturated rings. The van der Waals surface area contributed by atoms with E-state index in [-0.39, 0.29) is 0 Å². The van der Waals surface area contributed by atoms with Gasteiger partial charge in [-0.15, -0.1) is 0 Å². The highest BCUT2D eigenvalue weighted by Gasteiger charge is 2.33. The lowest BCUT2D eigenvalue weighted by Crippen LogP contribution is -2.52. The van der Waals surface area contributed by atoms with Crippen molar-refractivity contribution in [2.75, 3.05) is 20.3 Å². The fourth-order valence-electron chi connectivity index (χ4n) is 2.52. The van der Waals surface area contributed by atoms with E-state index in [4.69, 9.17) is 4.74 Å². The summed E-state index contributed by atoms with van der Waals surface area (Å²) in [6, 6.07) is 0. The SMILES string of the molecule is COCCCC1(C(C)C)CCCCN1. The Labute approximate surface area is 88.4 Å². The van der Waals surface area contributed by atoms with Gasteiger partial charge in [-0.1, -0.05) is 20.3 Å². The van der Waals surface area contributed by atoms with E-state index in [0.717, 1.165) is 12.5 Å². The van der Waals surface area contributed by atoms with Crippen LogP contribution in [0, 0.1) is 5.92 Å². The van der Waals surface area contributed by atoms with E-state index < -0.39 is 0 Å². The lowest BCUT2D eigenvalue weighted by atomic mass is 9.76. The topological polar surface area (TPSA) is 21.3 Å². The molecule has 0 aromatic carbocycles. The number of rotatable bonds is 5. The van der Waals surface area contributed by atoms with Gasteiger partial charge in [-0.3, -0.25) is 0 Å². The van der Waals surface area contributed by atoms with Crippen LogP contribution in [-0.4, -0.2) is 25.8 Å². The average Bonchev–Trinajstić information content (AvgIpc) is 2.19. The summed E-state index contributed by atoms with van der Waals surface area (Å²) in [4.78, 5) is 0. The number of ether oxygens (including phenoxy) is 1. The van der Waals surface area contributed by atoms with Crippen LogP contribution in [0.2, 0.25) is 0 Å². The number of nitrogens with one attached hydrogen (secondary N) is 1. The zero-order valence-corrected chi connectivity index (χ0v) is 9.94. The predicted molar refractivity (Wildman–Crippen MR) is 60.5 cm³/mol. The first-order valence-corrected chi connectivity index (χ1v) is 5.95. The third-order valence-corrected chi connectivity index (χ3v) is 3.60. The predicted octanol–water partition coefficient (Wildman–Crippen LogP) is 2.58. The van der Waals surface area contributed by atoms with Gasteiger partial charge in [-0.25, -0.2) is 0 Å². The molecule has 0 amide bonds. The van der Waals surface area contributed by atoms with Gasteiger partial charge in [0, 0.05) is 19.3 Å². The van der Waals surface area contributed by atoms with Crippen molar-refractivity contribution in [3.05, 3.63) is 0 Å². The van der Waals surface area contributed by atoms with Crippen molar-refractivity contribution < 1.29 is 4.74 Å². The van der Waals surface area contributed by atoms with Crippen LogP contribution in [0.4, 0.5) is 0 Å². The lowest BCUT2D eigenvalue weighted by molar-refractivity contribution is 0.135. The molecule has 2 heteroatoms. The molecule has 14 heavy (non-hydrogen) atoms. The van der Waals surface area contributed by atoms with E-state index in [1.807, 2.05) is 0 Å². The van der Waals surface area contributed by atoms with Crippen LogP contribution in [0.3, 0.4) is 0 Å². The highest BCUT2D eigenvalue weighted by atomic mass is 16.5. The minimum absolute atomic E-state index is 0.400. The zero-order valence-electron chi connectivity index (χ0n) is 9.94. The molecule has 0 aliphatic carbocycles. The van der Waals surface area contributed by atoms with E-state index >= 15 is 0 Å². The molecule has 0 radical (unpaired) electrons. The van der Waals surface area contributed by atoms with Gasteiger partial charge in [0.2, 0.25) is 0 Å². The smallest absolute Gasteiger partial charge is 0.0462 e. The molecule has 1 atom stereocenters. The van der Waals surface area contributed by atoms with E-state index in [9.17, 15) is 0 Å². The second kappa shape index (κ2) is 5.72. The Hall–Kier alpha value is -0.0800. The Kier molecular flexibility index (Phi) is 4.90. The van der Waals surface area contributed by atoms with E-state index in [1.165, 1.54) is 38.6 Å². The zero-order chi connectivity index (χ0) is 10.4. The molecule has 1 N–H and O–H groups in total. The minimum atomic E-state index is 0.400. The Morgan fingerprint density at radius 1 is 1.36 bits per heavy atom. The summed E-state index contributed by atoms with van der Waals surface area (Å²) in [5, 5.41) is 3.74. The van der Waals surface area contributed by atoms with E-state index in [0.29, 0.717) is 5.54 Å². The minimum Gasteiger partial charge on any atom is -0.385 e. The van der Waals surface area contributed by atoms with Gasteiger partial charge in [-0.05, 0) is 38.1 Å². The Morgan fingerprint density at radius 2 is 2.14 bits per heavy atom. The van der Waals surface area contributed by atoms with Crippen LogP contribution >= 0.6 is 0 Å². The molecule has 1 rings (SSSR count). The molecule has 1 aliphatic rings. The second-order valence-electron chi connectivity index (χ2n) is 4.79. The van der Waals surface area contributed by atoms with Crippen LogP contribution < -0.4 is 5.32 Å². The maximum absolute atomic E-state index is 5.13. The molecule has 1 heterocycles. The molecule has 0 aromatic heterocycles. The molecule has 0 bridgehead atoms. The van der Waals surface area contributed by atoms with Gasteiger partial charge in [0.15, 0.2) is 0 Å². The number of hydrogen-bond donors (Lipinski definition) is 1. The van der Waals surface area contributed by atoms with Gasteiger partial charge >= 0.3 is 0 Å². The quantitative estimate of drug-likeness (QED) is 0.687. The van der Waals surface area contributed by atoms with Crippen LogP contribution in [0.15, 0.2) is 0 Å². The van der Waals surface area contributed by atoms with Crippen molar-refractivity contribution in [2.24, 2.45) is 5.92 Å². The van der Waals surface area contributed by atoms with Crippen LogP contribution in [0.1, 0.15) is 46.0 Å². The first kappa shape index (κ1) is 12.0. The van der Waals surface area contributed by atoms with Crippen LogP contribution in [0.25, 0.3) is 0 Å². The van der Waals surface area contributed by atoms with Gasteiger partial charge in [0.25, 0.3) is 0 Å². The van der Waals surface area contributed by atoms with Gasteiger partial charge < -0.3 is 10.1 Å². The molecule has 2 nitrogen and oxygen atoms in total. The molecule has 1 aliphatic heterocycles. The van der Waals surface area contributed by atoms with Crippen LogP contribution in [-0.2, 0) is 4.74 Å². The Morgan fingerprint density at radius 3 is 2.64 bits per heavy atom. The largest absolute Gasteiger partial charge is 0.385 e. The van der Waals surface area contributed by atoms with Crippen molar-refractivity contribution in [1.82, 2.24) is 5.32 Å². The third kappa shape index (κ3) is 2.96. The van der Waals surface area contributed by atoms with E-state index in [1.54, 1.807) is 7.11 Å². The summed E-state index contributed by atoms with van der Waals surface area (Å²) < 4.78 is 5.13. The maximum atomic E-state index is 5.13. The highest BCUT2D eigenvalue weighted by Crippen LogP contribution is 2.31. The summed E-state index contributed by atoms with van der Waals surface area (Å²) in [5.74, 6) is 0.736. The fraction of sp³-hybridized carbons (Fsp3) is 1.00. The molecular formula is C12H25NO. The van der Waals surface area contributed by atoms with Crippen molar-refractivity contribution in [2.45, 2.75) is 51.5 Å². The van der Waals surface area contributed by atoms with Crippen molar-refractivity contribution in [1.29, 1.82) is 0 Å². The highest BCUT2D eigenvalue weighted by molar-refractivity contribution is 4.93.